The van der Waals surface area contributed by atoms with Crippen LogP contribution in [0.5, 0.6) is 0 Å². The second-order valence-electron chi connectivity index (χ2n) is 4.43. The Hall–Kier alpha value is -0.870. The van der Waals surface area contributed by atoms with E-state index in [1.165, 1.54) is 11.3 Å². The molecule has 1 amide bonds. The molecule has 2 N–H and O–H groups in total. The summed E-state index contributed by atoms with van der Waals surface area (Å²) in [5.74, 6) is 0.670. The quantitative estimate of drug-likeness (QED) is 0.855. The molecular weight excluding hydrogens is 220 g/mol. The SMILES string of the molecule is Cc1ccsc1C(=O)N1CCC[C@@H](CN)C1. The van der Waals surface area contributed by atoms with Gasteiger partial charge in [0.05, 0.1) is 4.88 Å². The number of likely N-dealkylation sites (tertiary alicyclic amines) is 1. The van der Waals surface area contributed by atoms with Gasteiger partial charge < -0.3 is 10.6 Å². The summed E-state index contributed by atoms with van der Waals surface area (Å²) in [6.45, 7) is 4.39. The van der Waals surface area contributed by atoms with Crippen LogP contribution in [-0.2, 0) is 0 Å². The van der Waals surface area contributed by atoms with Crippen LogP contribution < -0.4 is 5.73 Å². The molecule has 1 aromatic heterocycles. The molecule has 1 atom stereocenters. The lowest BCUT2D eigenvalue weighted by Crippen LogP contribution is -2.41. The van der Waals surface area contributed by atoms with Crippen molar-refractivity contribution in [2.45, 2.75) is 19.8 Å². The molecule has 0 bridgehead atoms. The molecule has 0 aliphatic carbocycles. The van der Waals surface area contributed by atoms with E-state index in [0.717, 1.165) is 36.4 Å². The van der Waals surface area contributed by atoms with Gasteiger partial charge in [0.2, 0.25) is 0 Å². The average molecular weight is 238 g/mol. The van der Waals surface area contributed by atoms with Crippen LogP contribution in [0.25, 0.3) is 0 Å². The maximum Gasteiger partial charge on any atom is 0.264 e. The van der Waals surface area contributed by atoms with Crippen LogP contribution in [0.15, 0.2) is 11.4 Å². The molecule has 1 aliphatic rings. The number of rotatable bonds is 2. The summed E-state index contributed by atoms with van der Waals surface area (Å²) >= 11 is 1.54. The fraction of sp³-hybridized carbons (Fsp3) is 0.583. The van der Waals surface area contributed by atoms with Crippen molar-refractivity contribution in [2.75, 3.05) is 19.6 Å². The lowest BCUT2D eigenvalue weighted by atomic mass is 9.98. The van der Waals surface area contributed by atoms with Crippen LogP contribution in [0.4, 0.5) is 0 Å². The zero-order valence-corrected chi connectivity index (χ0v) is 10.4. The van der Waals surface area contributed by atoms with Crippen molar-refractivity contribution in [1.29, 1.82) is 0 Å². The molecule has 1 fully saturated rings. The number of aryl methyl sites for hydroxylation is 1. The number of thiophene rings is 1. The van der Waals surface area contributed by atoms with Gasteiger partial charge in [0.15, 0.2) is 0 Å². The van der Waals surface area contributed by atoms with Crippen molar-refractivity contribution in [1.82, 2.24) is 4.90 Å². The average Bonchev–Trinajstić information content (AvgIpc) is 2.74. The van der Waals surface area contributed by atoms with Crippen LogP contribution >= 0.6 is 11.3 Å². The van der Waals surface area contributed by atoms with Gasteiger partial charge in [-0.2, -0.15) is 0 Å². The first-order valence-corrected chi connectivity index (χ1v) is 6.63. The van der Waals surface area contributed by atoms with Crippen molar-refractivity contribution < 1.29 is 4.79 Å². The van der Waals surface area contributed by atoms with E-state index < -0.39 is 0 Å². The fourth-order valence-electron chi connectivity index (χ4n) is 2.18. The van der Waals surface area contributed by atoms with Crippen molar-refractivity contribution in [3.05, 3.63) is 21.9 Å². The van der Waals surface area contributed by atoms with Crippen molar-refractivity contribution in [3.63, 3.8) is 0 Å². The molecule has 0 unspecified atom stereocenters. The van der Waals surface area contributed by atoms with Gasteiger partial charge in [-0.05, 0) is 49.2 Å². The Morgan fingerprint density at radius 3 is 3.12 bits per heavy atom. The zero-order valence-electron chi connectivity index (χ0n) is 9.61. The fourth-order valence-corrected chi connectivity index (χ4v) is 3.07. The summed E-state index contributed by atoms with van der Waals surface area (Å²) in [5, 5.41) is 1.98. The van der Waals surface area contributed by atoms with Crippen molar-refractivity contribution >= 4 is 17.2 Å². The van der Waals surface area contributed by atoms with Crippen molar-refractivity contribution in [2.24, 2.45) is 11.7 Å². The number of amides is 1. The minimum atomic E-state index is 0.186. The van der Waals surface area contributed by atoms with Gasteiger partial charge in [0, 0.05) is 13.1 Å². The number of hydrogen-bond acceptors (Lipinski definition) is 3. The van der Waals surface area contributed by atoms with Crippen LogP contribution in [-0.4, -0.2) is 30.4 Å². The lowest BCUT2D eigenvalue weighted by Gasteiger charge is -2.32. The number of piperidine rings is 1. The zero-order chi connectivity index (χ0) is 11.5. The second kappa shape index (κ2) is 4.97. The van der Waals surface area contributed by atoms with Crippen molar-refractivity contribution in [3.8, 4) is 0 Å². The Balaban J connectivity index is 2.07. The molecule has 0 saturated carbocycles. The highest BCUT2D eigenvalue weighted by molar-refractivity contribution is 7.12. The number of hydrogen-bond donors (Lipinski definition) is 1. The number of carbonyl (C=O) groups is 1. The highest BCUT2D eigenvalue weighted by Crippen LogP contribution is 2.22. The van der Waals surface area contributed by atoms with E-state index in [1.807, 2.05) is 23.3 Å². The first kappa shape index (κ1) is 11.6. The van der Waals surface area contributed by atoms with E-state index in [2.05, 4.69) is 0 Å². The number of carbonyl (C=O) groups excluding carboxylic acids is 1. The van der Waals surface area contributed by atoms with E-state index in [9.17, 15) is 4.79 Å². The maximum atomic E-state index is 12.2. The predicted octanol–water partition coefficient (Wildman–Crippen LogP) is 1.87. The highest BCUT2D eigenvalue weighted by atomic mass is 32.1. The Kier molecular flexibility index (Phi) is 3.61. The topological polar surface area (TPSA) is 46.3 Å². The summed E-state index contributed by atoms with van der Waals surface area (Å²) < 4.78 is 0. The summed E-state index contributed by atoms with van der Waals surface area (Å²) in [5.41, 5.74) is 6.77. The number of nitrogens with two attached hydrogens (primary N) is 1. The van der Waals surface area contributed by atoms with Crippen LogP contribution in [0.1, 0.15) is 28.1 Å². The van der Waals surface area contributed by atoms with E-state index in [-0.39, 0.29) is 5.91 Å². The Labute approximate surface area is 100 Å². The van der Waals surface area contributed by atoms with Crippen LogP contribution in [0.3, 0.4) is 0 Å². The van der Waals surface area contributed by atoms with Crippen LogP contribution in [0.2, 0.25) is 0 Å². The van der Waals surface area contributed by atoms with Gasteiger partial charge in [-0.3, -0.25) is 4.79 Å². The smallest absolute Gasteiger partial charge is 0.264 e. The predicted molar refractivity (Wildman–Crippen MR) is 66.7 cm³/mol. The minimum Gasteiger partial charge on any atom is -0.338 e. The maximum absolute atomic E-state index is 12.2. The highest BCUT2D eigenvalue weighted by Gasteiger charge is 2.24. The number of nitrogens with zero attached hydrogens (tertiary/aromatic N) is 1. The standard InChI is InChI=1S/C12H18N2OS/c1-9-4-6-16-11(9)12(15)14-5-2-3-10(7-13)8-14/h4,6,10H,2-3,5,7-8,13H2,1H3/t10-/m0/s1. The summed E-state index contributed by atoms with van der Waals surface area (Å²) in [6, 6.07) is 2.00. The molecular formula is C12H18N2OS. The third-order valence-electron chi connectivity index (χ3n) is 3.20. The third-order valence-corrected chi connectivity index (χ3v) is 4.20. The molecule has 2 rings (SSSR count). The van der Waals surface area contributed by atoms with E-state index in [1.54, 1.807) is 0 Å². The van der Waals surface area contributed by atoms with Gasteiger partial charge >= 0.3 is 0 Å². The van der Waals surface area contributed by atoms with Gasteiger partial charge in [0.1, 0.15) is 0 Å². The molecule has 1 aliphatic heterocycles. The van der Waals surface area contributed by atoms with Crippen LogP contribution in [0, 0.1) is 12.8 Å². The molecule has 1 aromatic rings. The Morgan fingerprint density at radius 2 is 2.50 bits per heavy atom. The normalized spacial score (nSPS) is 21.1. The molecule has 88 valence electrons. The first-order chi connectivity index (χ1) is 7.72. The molecule has 3 nitrogen and oxygen atoms in total. The molecule has 0 spiro atoms. The summed E-state index contributed by atoms with van der Waals surface area (Å²) in [6.07, 6.45) is 2.24. The molecule has 2 heterocycles. The van der Waals surface area contributed by atoms with Gasteiger partial charge in [-0.1, -0.05) is 0 Å². The minimum absolute atomic E-state index is 0.186. The molecule has 0 radical (unpaired) electrons. The molecule has 16 heavy (non-hydrogen) atoms. The monoisotopic (exact) mass is 238 g/mol. The van der Waals surface area contributed by atoms with E-state index in [0.29, 0.717) is 12.5 Å². The van der Waals surface area contributed by atoms with Gasteiger partial charge in [-0.15, -0.1) is 11.3 Å². The molecule has 4 heteroatoms. The second-order valence-corrected chi connectivity index (χ2v) is 5.34. The first-order valence-electron chi connectivity index (χ1n) is 5.76. The third kappa shape index (κ3) is 2.28. The largest absolute Gasteiger partial charge is 0.338 e. The Morgan fingerprint density at radius 1 is 1.69 bits per heavy atom. The van der Waals surface area contributed by atoms with E-state index >= 15 is 0 Å². The van der Waals surface area contributed by atoms with E-state index in [4.69, 9.17) is 5.73 Å². The molecule has 1 saturated heterocycles. The summed E-state index contributed by atoms with van der Waals surface area (Å²) in [7, 11) is 0. The lowest BCUT2D eigenvalue weighted by molar-refractivity contribution is 0.0682. The summed E-state index contributed by atoms with van der Waals surface area (Å²) in [4.78, 5) is 15.1. The Bertz CT molecular complexity index is 375. The van der Waals surface area contributed by atoms with Gasteiger partial charge in [0.25, 0.3) is 5.91 Å². The van der Waals surface area contributed by atoms with Gasteiger partial charge in [-0.25, -0.2) is 0 Å². The molecule has 0 aromatic carbocycles.